The number of carbonyl (C=O) groups excluding carboxylic acids is 1. The number of carboxylic acids is 1. The molecule has 27 heavy (non-hydrogen) atoms. The van der Waals surface area contributed by atoms with Crippen LogP contribution in [-0.4, -0.2) is 34.1 Å². The van der Waals surface area contributed by atoms with Gasteiger partial charge in [-0.05, 0) is 47.1 Å². The lowest BCUT2D eigenvalue weighted by Gasteiger charge is -2.22. The maximum atomic E-state index is 11.4. The topological polar surface area (TPSA) is 90.7 Å². The lowest BCUT2D eigenvalue weighted by atomic mass is 10.2. The molecule has 0 spiro atoms. The van der Waals surface area contributed by atoms with E-state index in [1.165, 1.54) is 4.90 Å². The van der Waals surface area contributed by atoms with Crippen molar-refractivity contribution < 1.29 is 19.8 Å². The summed E-state index contributed by atoms with van der Waals surface area (Å²) in [6.07, 6.45) is 2.42. The Balaban J connectivity index is 1.94. The number of pyridine rings is 1. The highest BCUT2D eigenvalue weighted by atomic mass is 35.5. The number of fused-ring (bicyclic) bond motifs is 1. The predicted octanol–water partition coefficient (Wildman–Crippen LogP) is 4.33. The number of carbonyl (C=O) groups is 2. The zero-order valence-electron chi connectivity index (χ0n) is 14.0. The molecule has 2 aromatic rings. The van der Waals surface area contributed by atoms with E-state index in [1.807, 2.05) is 17.5 Å². The quantitative estimate of drug-likeness (QED) is 0.348. The number of rotatable bonds is 7. The normalized spacial score (nSPS) is 16.1. The highest BCUT2D eigenvalue weighted by Gasteiger charge is 2.27. The fourth-order valence-electron chi connectivity index (χ4n) is 2.78. The van der Waals surface area contributed by atoms with Gasteiger partial charge in [0.2, 0.25) is 6.41 Å². The lowest BCUT2D eigenvalue weighted by Crippen LogP contribution is -2.24. The second-order valence-corrected chi connectivity index (χ2v) is 8.59. The SMILES string of the molecule is O=CN(CCCC(=O)O)c1nc(Cl)c2c(c1O)C=C[SH]2c1ccc(Cl)cc1. The molecule has 1 atom stereocenters. The summed E-state index contributed by atoms with van der Waals surface area (Å²) in [6.45, 7) is 0.112. The summed E-state index contributed by atoms with van der Waals surface area (Å²) in [5.74, 6) is -1.08. The minimum atomic E-state index is -0.957. The van der Waals surface area contributed by atoms with Crippen LogP contribution in [0.5, 0.6) is 5.75 Å². The van der Waals surface area contributed by atoms with Crippen molar-refractivity contribution in [1.29, 1.82) is 0 Å². The number of aromatic hydroxyl groups is 1. The summed E-state index contributed by atoms with van der Waals surface area (Å²) in [7, 11) is -0.939. The summed E-state index contributed by atoms with van der Waals surface area (Å²) >= 11 is 12.3. The third kappa shape index (κ3) is 4.05. The largest absolute Gasteiger partial charge is 0.504 e. The van der Waals surface area contributed by atoms with Crippen molar-refractivity contribution in [2.75, 3.05) is 11.4 Å². The van der Waals surface area contributed by atoms with Gasteiger partial charge in [0, 0.05) is 28.4 Å². The fourth-order valence-corrected chi connectivity index (χ4v) is 5.40. The second kappa shape index (κ2) is 8.21. The van der Waals surface area contributed by atoms with Crippen LogP contribution in [0.1, 0.15) is 18.4 Å². The summed E-state index contributed by atoms with van der Waals surface area (Å²) in [6, 6.07) is 7.38. The van der Waals surface area contributed by atoms with Gasteiger partial charge in [0.1, 0.15) is 5.15 Å². The average Bonchev–Trinajstić information content (AvgIpc) is 3.08. The molecule has 1 aliphatic rings. The third-order valence-electron chi connectivity index (χ3n) is 4.05. The average molecular weight is 427 g/mol. The molecule has 2 heterocycles. The van der Waals surface area contributed by atoms with Crippen LogP contribution >= 0.6 is 34.1 Å². The maximum absolute atomic E-state index is 11.4. The number of anilines is 1. The lowest BCUT2D eigenvalue weighted by molar-refractivity contribution is -0.137. The number of thiol groups is 1. The first-order chi connectivity index (χ1) is 12.9. The Morgan fingerprint density at radius 1 is 1.26 bits per heavy atom. The Kier molecular flexibility index (Phi) is 5.94. The van der Waals surface area contributed by atoms with Crippen LogP contribution in [0.15, 0.2) is 39.5 Å². The van der Waals surface area contributed by atoms with Crippen LogP contribution in [0.4, 0.5) is 5.82 Å². The van der Waals surface area contributed by atoms with Crippen LogP contribution in [0, 0.1) is 0 Å². The molecule has 2 N–H and O–H groups in total. The van der Waals surface area contributed by atoms with E-state index in [0.717, 1.165) is 4.90 Å². The Bertz CT molecular complexity index is 919. The van der Waals surface area contributed by atoms with Gasteiger partial charge in [-0.15, -0.1) is 0 Å². The van der Waals surface area contributed by atoms with Crippen molar-refractivity contribution in [3.05, 3.63) is 45.4 Å². The van der Waals surface area contributed by atoms with E-state index in [0.29, 0.717) is 21.9 Å². The molecule has 0 saturated heterocycles. The monoisotopic (exact) mass is 426 g/mol. The number of nitrogens with zero attached hydrogens (tertiary/aromatic N) is 2. The molecule has 9 heteroatoms. The van der Waals surface area contributed by atoms with Crippen molar-refractivity contribution in [2.24, 2.45) is 0 Å². The number of hydrogen-bond acceptors (Lipinski definition) is 4. The molecular formula is C18H16Cl2N2O4S. The van der Waals surface area contributed by atoms with E-state index >= 15 is 0 Å². The number of aromatic nitrogens is 1. The van der Waals surface area contributed by atoms with Crippen LogP contribution in [-0.2, 0) is 9.59 Å². The zero-order chi connectivity index (χ0) is 19.6. The van der Waals surface area contributed by atoms with E-state index in [-0.39, 0.29) is 36.1 Å². The van der Waals surface area contributed by atoms with Gasteiger partial charge in [0.05, 0.1) is 0 Å². The fraction of sp³-hybridized carbons (Fsp3) is 0.167. The summed E-state index contributed by atoms with van der Waals surface area (Å²) in [5, 5.41) is 22.2. The van der Waals surface area contributed by atoms with Crippen LogP contribution in [0.3, 0.4) is 0 Å². The highest BCUT2D eigenvalue weighted by Crippen LogP contribution is 2.57. The van der Waals surface area contributed by atoms with Crippen molar-refractivity contribution >= 4 is 58.4 Å². The van der Waals surface area contributed by atoms with Crippen molar-refractivity contribution in [2.45, 2.75) is 22.6 Å². The van der Waals surface area contributed by atoms with Crippen LogP contribution in [0.2, 0.25) is 10.2 Å². The number of aliphatic carboxylic acids is 1. The molecule has 1 aromatic carbocycles. The van der Waals surface area contributed by atoms with Crippen molar-refractivity contribution in [3.63, 3.8) is 0 Å². The number of benzene rings is 1. The van der Waals surface area contributed by atoms with Gasteiger partial charge in [-0.1, -0.05) is 23.2 Å². The van der Waals surface area contributed by atoms with Gasteiger partial charge in [0.25, 0.3) is 0 Å². The molecule has 0 saturated carbocycles. The predicted molar refractivity (Wildman–Crippen MR) is 107 cm³/mol. The first-order valence-corrected chi connectivity index (χ1v) is 10.2. The summed E-state index contributed by atoms with van der Waals surface area (Å²) in [4.78, 5) is 29.2. The number of halogens is 2. The first-order valence-electron chi connectivity index (χ1n) is 8.01. The number of hydrogen-bond donors (Lipinski definition) is 3. The van der Waals surface area contributed by atoms with Crippen molar-refractivity contribution in [3.8, 4) is 5.75 Å². The minimum absolute atomic E-state index is 0.0248. The van der Waals surface area contributed by atoms with E-state index in [4.69, 9.17) is 28.3 Å². The molecule has 0 aliphatic carbocycles. The smallest absolute Gasteiger partial charge is 0.303 e. The molecule has 142 valence electrons. The van der Waals surface area contributed by atoms with Gasteiger partial charge in [-0.2, -0.15) is 10.9 Å². The van der Waals surface area contributed by atoms with E-state index in [1.54, 1.807) is 18.2 Å². The Hall–Kier alpha value is -2.22. The van der Waals surface area contributed by atoms with E-state index in [2.05, 4.69) is 4.98 Å². The van der Waals surface area contributed by atoms with Gasteiger partial charge in [0.15, 0.2) is 11.6 Å². The molecule has 1 amide bonds. The second-order valence-electron chi connectivity index (χ2n) is 5.80. The number of carboxylic acid groups (broad SMARTS) is 1. The summed E-state index contributed by atoms with van der Waals surface area (Å²) < 4.78 is 0. The Labute approximate surface area is 168 Å². The van der Waals surface area contributed by atoms with Gasteiger partial charge in [-0.3, -0.25) is 14.5 Å². The zero-order valence-corrected chi connectivity index (χ0v) is 16.4. The van der Waals surface area contributed by atoms with Crippen molar-refractivity contribution in [1.82, 2.24) is 4.98 Å². The maximum Gasteiger partial charge on any atom is 0.303 e. The van der Waals surface area contributed by atoms with E-state index < -0.39 is 16.9 Å². The van der Waals surface area contributed by atoms with Gasteiger partial charge >= 0.3 is 5.97 Å². The molecule has 0 fully saturated rings. The molecule has 6 nitrogen and oxygen atoms in total. The Morgan fingerprint density at radius 2 is 1.96 bits per heavy atom. The molecule has 0 radical (unpaired) electrons. The third-order valence-corrected chi connectivity index (χ3v) is 6.94. The minimum Gasteiger partial charge on any atom is -0.504 e. The van der Waals surface area contributed by atoms with Crippen LogP contribution in [0.25, 0.3) is 6.08 Å². The first kappa shape index (κ1) is 19.5. The standard InChI is InChI=1S/C18H16Cl2N2O4S/c19-11-3-5-12(6-4-11)27-9-7-13-15(26)18(21-17(20)16(13)27)22(10-23)8-1-2-14(24)25/h3-7,9-10,26-27H,1-2,8H2,(H,24,25). The molecule has 1 aromatic heterocycles. The molecule has 0 bridgehead atoms. The number of amides is 1. The van der Waals surface area contributed by atoms with Gasteiger partial charge in [-0.25, -0.2) is 4.98 Å². The van der Waals surface area contributed by atoms with Crippen LogP contribution < -0.4 is 4.90 Å². The molecular weight excluding hydrogens is 411 g/mol. The molecule has 1 aliphatic heterocycles. The Morgan fingerprint density at radius 3 is 2.59 bits per heavy atom. The van der Waals surface area contributed by atoms with Gasteiger partial charge < -0.3 is 10.2 Å². The highest BCUT2D eigenvalue weighted by molar-refractivity contribution is 8.20. The molecule has 3 rings (SSSR count). The molecule has 1 unspecified atom stereocenters. The van der Waals surface area contributed by atoms with E-state index in [9.17, 15) is 14.7 Å². The summed E-state index contributed by atoms with van der Waals surface area (Å²) in [5.41, 5.74) is 0.524.